The summed E-state index contributed by atoms with van der Waals surface area (Å²) in [6.07, 6.45) is -7.64. The van der Waals surface area contributed by atoms with Gasteiger partial charge in [-0.3, -0.25) is 14.4 Å². The van der Waals surface area contributed by atoms with Crippen molar-refractivity contribution in [1.29, 1.82) is 0 Å². The number of carbonyl (C=O) groups excluding carboxylic acids is 3. The van der Waals surface area contributed by atoms with Crippen LogP contribution in [0, 0.1) is 0 Å². The van der Waals surface area contributed by atoms with Gasteiger partial charge in [0.05, 0.1) is 55.2 Å². The maximum Gasteiger partial charge on any atom is 0.308 e. The largest absolute Gasteiger partial charge is 0.507 e. The van der Waals surface area contributed by atoms with E-state index in [1.54, 1.807) is 0 Å². The quantitative estimate of drug-likeness (QED) is 0.289. The van der Waals surface area contributed by atoms with Gasteiger partial charge in [0.1, 0.15) is 23.2 Å². The van der Waals surface area contributed by atoms with Crippen LogP contribution in [0.2, 0.25) is 0 Å². The summed E-state index contributed by atoms with van der Waals surface area (Å²) < 4.78 is 15.9. The van der Waals surface area contributed by atoms with Gasteiger partial charge < -0.3 is 39.7 Å². The Morgan fingerprint density at radius 2 is 1.68 bits per heavy atom. The Bertz CT molecular complexity index is 1170. The van der Waals surface area contributed by atoms with Gasteiger partial charge in [-0.05, 0) is 13.8 Å². The van der Waals surface area contributed by atoms with Crippen LogP contribution >= 0.6 is 0 Å². The molecular formula is C23H24O11. The number of ketones is 2. The molecule has 11 heteroatoms. The highest BCUT2D eigenvalue weighted by molar-refractivity contribution is 6.30. The van der Waals surface area contributed by atoms with Gasteiger partial charge in [0.25, 0.3) is 0 Å². The summed E-state index contributed by atoms with van der Waals surface area (Å²) in [6.45, 7) is 2.94. The summed E-state index contributed by atoms with van der Waals surface area (Å²) in [4.78, 5) is 38.9. The number of phenols is 2. The Labute approximate surface area is 193 Å². The third kappa shape index (κ3) is 2.67. The molecule has 4 unspecified atom stereocenters. The van der Waals surface area contributed by atoms with Crippen LogP contribution < -0.4 is 0 Å². The third-order valence-electron chi connectivity index (χ3n) is 7.40. The van der Waals surface area contributed by atoms with E-state index in [1.165, 1.54) is 13.8 Å². The number of hydrogen-bond donors (Lipinski definition) is 5. The number of hydrogen-bond acceptors (Lipinski definition) is 11. The molecule has 0 aromatic heterocycles. The highest BCUT2D eigenvalue weighted by Gasteiger charge is 2.62. The molecular weight excluding hydrogens is 452 g/mol. The van der Waals surface area contributed by atoms with Crippen LogP contribution in [-0.2, 0) is 19.0 Å². The summed E-state index contributed by atoms with van der Waals surface area (Å²) in [7, 11) is 1.16. The lowest BCUT2D eigenvalue weighted by atomic mass is 9.63. The lowest BCUT2D eigenvalue weighted by Gasteiger charge is -2.52. The van der Waals surface area contributed by atoms with Crippen molar-refractivity contribution in [2.45, 2.75) is 68.9 Å². The molecule has 7 atom stereocenters. The second kappa shape index (κ2) is 7.33. The number of aliphatic hydroxyl groups excluding tert-OH is 2. The molecule has 1 aromatic carbocycles. The molecule has 1 fully saturated rings. The molecule has 1 aromatic rings. The minimum Gasteiger partial charge on any atom is -0.507 e. The molecule has 11 nitrogen and oxygen atoms in total. The Hall–Kier alpha value is -2.83. The fourth-order valence-corrected chi connectivity index (χ4v) is 5.73. The second-order valence-electron chi connectivity index (χ2n) is 9.11. The summed E-state index contributed by atoms with van der Waals surface area (Å²) in [5, 5.41) is 54.9. The van der Waals surface area contributed by atoms with Gasteiger partial charge in [-0.25, -0.2) is 0 Å². The molecule has 182 valence electrons. The van der Waals surface area contributed by atoms with Crippen molar-refractivity contribution < 1.29 is 54.1 Å². The first kappa shape index (κ1) is 22.9. The van der Waals surface area contributed by atoms with E-state index in [9.17, 15) is 39.9 Å². The molecule has 0 saturated carbocycles. The SMILES string of the molecule is COC(=O)C[C@@H]1O[C@@H](C)c2c(O)c3c(c(O)c2[C@@H]1O)C(=O)C1=C(C3=O)C2(O)C(O)CC1OC2C. The average Bonchev–Trinajstić information content (AvgIpc) is 2.77. The Morgan fingerprint density at radius 3 is 2.29 bits per heavy atom. The van der Waals surface area contributed by atoms with Gasteiger partial charge in [0, 0.05) is 28.7 Å². The summed E-state index contributed by atoms with van der Waals surface area (Å²) >= 11 is 0. The summed E-state index contributed by atoms with van der Waals surface area (Å²) in [5.41, 5.74) is -4.17. The Kier molecular flexibility index (Phi) is 4.95. The van der Waals surface area contributed by atoms with Crippen LogP contribution in [0.3, 0.4) is 0 Å². The van der Waals surface area contributed by atoms with Crippen molar-refractivity contribution in [1.82, 2.24) is 0 Å². The number of ether oxygens (including phenoxy) is 3. The number of carbonyl (C=O) groups is 3. The first-order valence-corrected chi connectivity index (χ1v) is 10.9. The van der Waals surface area contributed by atoms with Gasteiger partial charge in [0.2, 0.25) is 0 Å². The Morgan fingerprint density at radius 1 is 1.06 bits per heavy atom. The first-order chi connectivity index (χ1) is 15.9. The predicted molar refractivity (Wildman–Crippen MR) is 110 cm³/mol. The molecule has 2 bridgehead atoms. The minimum atomic E-state index is -2.18. The van der Waals surface area contributed by atoms with Gasteiger partial charge >= 0.3 is 5.97 Å². The number of aliphatic hydroxyl groups is 3. The number of esters is 1. The van der Waals surface area contributed by atoms with Gasteiger partial charge in [0.15, 0.2) is 11.6 Å². The first-order valence-electron chi connectivity index (χ1n) is 10.9. The Balaban J connectivity index is 1.73. The average molecular weight is 476 g/mol. The van der Waals surface area contributed by atoms with Crippen molar-refractivity contribution in [3.05, 3.63) is 33.4 Å². The molecule has 2 aliphatic carbocycles. The second-order valence-corrected chi connectivity index (χ2v) is 9.11. The number of rotatable bonds is 2. The van der Waals surface area contributed by atoms with Crippen LogP contribution in [0.4, 0.5) is 0 Å². The zero-order valence-electron chi connectivity index (χ0n) is 18.6. The fraction of sp³-hybridized carbons (Fsp3) is 0.522. The smallest absolute Gasteiger partial charge is 0.308 e. The molecule has 5 aliphatic rings. The number of Topliss-reactive ketones (excluding diaryl/α,β-unsaturated/α-hetero) is 2. The summed E-state index contributed by atoms with van der Waals surface area (Å²) in [5.74, 6) is -3.90. The van der Waals surface area contributed by atoms with E-state index < -0.39 is 82.4 Å². The van der Waals surface area contributed by atoms with Gasteiger partial charge in [-0.1, -0.05) is 0 Å². The van der Waals surface area contributed by atoms with E-state index in [4.69, 9.17) is 9.47 Å². The van der Waals surface area contributed by atoms with Crippen molar-refractivity contribution in [2.24, 2.45) is 0 Å². The van der Waals surface area contributed by atoms with E-state index in [0.717, 1.165) is 7.11 Å². The van der Waals surface area contributed by atoms with E-state index >= 15 is 0 Å². The molecule has 0 radical (unpaired) electrons. The van der Waals surface area contributed by atoms with Crippen molar-refractivity contribution in [2.75, 3.05) is 7.11 Å². The monoisotopic (exact) mass is 476 g/mol. The zero-order chi connectivity index (χ0) is 24.9. The molecule has 0 spiro atoms. The van der Waals surface area contributed by atoms with Crippen molar-refractivity contribution in [3.63, 3.8) is 0 Å². The van der Waals surface area contributed by atoms with Gasteiger partial charge in [-0.2, -0.15) is 0 Å². The molecule has 34 heavy (non-hydrogen) atoms. The molecule has 1 saturated heterocycles. The lowest BCUT2D eigenvalue weighted by molar-refractivity contribution is -0.207. The zero-order valence-corrected chi connectivity index (χ0v) is 18.6. The third-order valence-corrected chi connectivity index (χ3v) is 7.40. The number of benzene rings is 1. The van der Waals surface area contributed by atoms with Crippen LogP contribution in [0.25, 0.3) is 0 Å². The normalized spacial score (nSPS) is 36.2. The van der Waals surface area contributed by atoms with Crippen molar-refractivity contribution in [3.8, 4) is 11.5 Å². The van der Waals surface area contributed by atoms with Crippen LogP contribution in [-0.4, -0.2) is 80.2 Å². The van der Waals surface area contributed by atoms with E-state index in [2.05, 4.69) is 4.74 Å². The van der Waals surface area contributed by atoms with Crippen LogP contribution in [0.15, 0.2) is 11.1 Å². The lowest BCUT2D eigenvalue weighted by Crippen LogP contribution is -2.66. The maximum atomic E-state index is 13.6. The standard InChI is InChI=1S/C23H24O11/c1-6-12-14(18(26)9(33-6)5-11(25)32-3)21(29)15-16(19(12)27)22(30)17-13(20(15)28)8-4-10(24)23(17,31)7(2)34-8/h6-10,18,24,26-27,29,31H,4-5H2,1-3H3/t6-,7?,8?,9-,10?,18+,23?/m0/s1. The number of methoxy groups -OCH3 is 1. The highest BCUT2D eigenvalue weighted by atomic mass is 16.5. The van der Waals surface area contributed by atoms with E-state index in [0.29, 0.717) is 0 Å². The molecule has 3 aliphatic heterocycles. The molecule has 6 rings (SSSR count). The highest BCUT2D eigenvalue weighted by Crippen LogP contribution is 2.55. The molecule has 3 heterocycles. The maximum absolute atomic E-state index is 13.6. The number of fused-ring (bicyclic) bond motifs is 4. The van der Waals surface area contributed by atoms with E-state index in [-0.39, 0.29) is 35.1 Å². The molecule has 0 amide bonds. The number of phenolic OH excluding ortho intramolecular Hbond substituents is 2. The molecule has 5 N–H and O–H groups in total. The van der Waals surface area contributed by atoms with Crippen LogP contribution in [0.5, 0.6) is 11.5 Å². The minimum absolute atomic E-state index is 0.118. The topological polar surface area (TPSA) is 180 Å². The van der Waals surface area contributed by atoms with Crippen LogP contribution in [0.1, 0.15) is 70.7 Å². The predicted octanol–water partition coefficient (Wildman–Crippen LogP) is 0.113. The van der Waals surface area contributed by atoms with Crippen molar-refractivity contribution >= 4 is 17.5 Å². The summed E-state index contributed by atoms with van der Waals surface area (Å²) in [6, 6.07) is 0. The fourth-order valence-electron chi connectivity index (χ4n) is 5.73. The van der Waals surface area contributed by atoms with E-state index in [1.807, 2.05) is 0 Å². The van der Waals surface area contributed by atoms with Gasteiger partial charge in [-0.15, -0.1) is 0 Å². The number of aromatic hydroxyl groups is 2.